The molecular weight excluding hydrogens is 324 g/mol. The Labute approximate surface area is 142 Å². The minimum atomic E-state index is -3.51. The van der Waals surface area contributed by atoms with Gasteiger partial charge in [0.05, 0.1) is 11.1 Å². The number of hydrogen-bond acceptors (Lipinski definition) is 4. The van der Waals surface area contributed by atoms with Crippen LogP contribution in [0.3, 0.4) is 0 Å². The normalized spacial score (nSPS) is 19.0. The quantitative estimate of drug-likeness (QED) is 0.895. The topological polar surface area (TPSA) is 72.2 Å². The summed E-state index contributed by atoms with van der Waals surface area (Å²) in [5.74, 6) is 1.84. The molecule has 1 aromatic heterocycles. The number of oxazole rings is 1. The fourth-order valence-corrected chi connectivity index (χ4v) is 4.89. The first kappa shape index (κ1) is 15.8. The molecule has 0 spiro atoms. The van der Waals surface area contributed by atoms with Crippen LogP contribution in [0, 0.1) is 6.92 Å². The van der Waals surface area contributed by atoms with Crippen molar-refractivity contribution in [2.45, 2.75) is 62.3 Å². The van der Waals surface area contributed by atoms with Gasteiger partial charge in [0.15, 0.2) is 11.7 Å². The van der Waals surface area contributed by atoms with E-state index in [1.807, 2.05) is 19.1 Å². The molecule has 0 aliphatic heterocycles. The van der Waals surface area contributed by atoms with E-state index in [9.17, 15) is 8.42 Å². The number of aromatic nitrogens is 1. The SMILES string of the molecule is Cc1ccc(-c2cnc(C3CC3)o2)cc1S(=O)(=O)NC1CCCC1. The first-order valence-corrected chi connectivity index (χ1v) is 10.1. The fourth-order valence-electron chi connectivity index (χ4n) is 3.31. The van der Waals surface area contributed by atoms with E-state index in [2.05, 4.69) is 9.71 Å². The van der Waals surface area contributed by atoms with Crippen LogP contribution in [0.5, 0.6) is 0 Å². The first-order valence-electron chi connectivity index (χ1n) is 8.62. The smallest absolute Gasteiger partial charge is 0.241 e. The van der Waals surface area contributed by atoms with E-state index in [4.69, 9.17) is 4.42 Å². The molecular formula is C18H22N2O3S. The van der Waals surface area contributed by atoms with E-state index in [1.54, 1.807) is 12.3 Å². The summed E-state index contributed by atoms with van der Waals surface area (Å²) in [5.41, 5.74) is 1.50. The minimum Gasteiger partial charge on any atom is -0.440 e. The molecule has 1 N–H and O–H groups in total. The summed E-state index contributed by atoms with van der Waals surface area (Å²) in [6.07, 6.45) is 7.97. The van der Waals surface area contributed by atoms with Crippen molar-refractivity contribution >= 4 is 10.0 Å². The first-order chi connectivity index (χ1) is 11.5. The lowest BCUT2D eigenvalue weighted by Gasteiger charge is -2.14. The molecule has 0 amide bonds. The molecule has 2 fully saturated rings. The summed E-state index contributed by atoms with van der Waals surface area (Å²) in [7, 11) is -3.51. The van der Waals surface area contributed by atoms with Gasteiger partial charge in [-0.15, -0.1) is 0 Å². The van der Waals surface area contributed by atoms with Crippen LogP contribution in [0.1, 0.15) is 55.9 Å². The average Bonchev–Trinajstić information content (AvgIpc) is 3.06. The Kier molecular flexibility index (Phi) is 3.96. The number of aryl methyl sites for hydroxylation is 1. The Morgan fingerprint density at radius 2 is 1.92 bits per heavy atom. The van der Waals surface area contributed by atoms with E-state index >= 15 is 0 Å². The lowest BCUT2D eigenvalue weighted by Crippen LogP contribution is -2.33. The monoisotopic (exact) mass is 346 g/mol. The highest BCUT2D eigenvalue weighted by Crippen LogP contribution is 2.40. The zero-order valence-electron chi connectivity index (χ0n) is 13.8. The molecule has 0 atom stereocenters. The van der Waals surface area contributed by atoms with Gasteiger partial charge in [0.2, 0.25) is 10.0 Å². The Morgan fingerprint density at radius 3 is 2.62 bits per heavy atom. The van der Waals surface area contributed by atoms with Gasteiger partial charge in [-0.3, -0.25) is 0 Å². The van der Waals surface area contributed by atoms with Gasteiger partial charge in [-0.1, -0.05) is 25.0 Å². The maximum atomic E-state index is 12.8. The molecule has 2 aromatic rings. The fraction of sp³-hybridized carbons (Fsp3) is 0.500. The van der Waals surface area contributed by atoms with Crippen molar-refractivity contribution in [3.63, 3.8) is 0 Å². The molecule has 128 valence electrons. The largest absolute Gasteiger partial charge is 0.440 e. The molecule has 0 radical (unpaired) electrons. The third-order valence-electron chi connectivity index (χ3n) is 4.89. The minimum absolute atomic E-state index is 0.0600. The molecule has 4 rings (SSSR count). The Morgan fingerprint density at radius 1 is 1.17 bits per heavy atom. The molecule has 2 aliphatic carbocycles. The zero-order valence-corrected chi connectivity index (χ0v) is 14.6. The molecule has 0 saturated heterocycles. The molecule has 24 heavy (non-hydrogen) atoms. The van der Waals surface area contributed by atoms with Crippen molar-refractivity contribution in [2.24, 2.45) is 0 Å². The molecule has 6 heteroatoms. The average molecular weight is 346 g/mol. The van der Waals surface area contributed by atoms with E-state index in [0.717, 1.165) is 55.5 Å². The lowest BCUT2D eigenvalue weighted by atomic mass is 10.1. The number of hydrogen-bond donors (Lipinski definition) is 1. The second-order valence-corrected chi connectivity index (χ2v) is 8.60. The van der Waals surface area contributed by atoms with E-state index < -0.39 is 10.0 Å². The Hall–Kier alpha value is -1.66. The zero-order chi connectivity index (χ0) is 16.7. The number of rotatable bonds is 5. The number of benzene rings is 1. The second-order valence-electron chi connectivity index (χ2n) is 6.92. The number of nitrogens with zero attached hydrogens (tertiary/aromatic N) is 1. The van der Waals surface area contributed by atoms with Gasteiger partial charge < -0.3 is 4.42 Å². The van der Waals surface area contributed by atoms with E-state index in [0.29, 0.717) is 16.6 Å². The molecule has 0 unspecified atom stereocenters. The molecule has 1 heterocycles. The number of sulfonamides is 1. The van der Waals surface area contributed by atoms with Crippen molar-refractivity contribution in [2.75, 3.05) is 0 Å². The van der Waals surface area contributed by atoms with Crippen LogP contribution in [0.25, 0.3) is 11.3 Å². The molecule has 0 bridgehead atoms. The Bertz CT molecular complexity index is 847. The van der Waals surface area contributed by atoms with Gasteiger partial charge in [0.1, 0.15) is 0 Å². The third-order valence-corrected chi connectivity index (χ3v) is 6.55. The maximum absolute atomic E-state index is 12.8. The predicted molar refractivity (Wildman–Crippen MR) is 91.2 cm³/mol. The standard InChI is InChI=1S/C18H22N2O3S/c1-12-6-7-14(16-11-19-18(23-16)13-8-9-13)10-17(12)24(21,22)20-15-4-2-3-5-15/h6-7,10-11,13,15,20H,2-5,8-9H2,1H3. The molecule has 1 aromatic carbocycles. The molecule has 5 nitrogen and oxygen atoms in total. The summed E-state index contributed by atoms with van der Waals surface area (Å²) >= 11 is 0. The van der Waals surface area contributed by atoms with Gasteiger partial charge in [0.25, 0.3) is 0 Å². The lowest BCUT2D eigenvalue weighted by molar-refractivity contribution is 0.509. The summed E-state index contributed by atoms with van der Waals surface area (Å²) < 4.78 is 34.2. The van der Waals surface area contributed by atoms with Crippen LogP contribution in [0.2, 0.25) is 0 Å². The van der Waals surface area contributed by atoms with Crippen LogP contribution in [0.4, 0.5) is 0 Å². The van der Waals surface area contributed by atoms with Gasteiger partial charge in [-0.05, 0) is 44.2 Å². The van der Waals surface area contributed by atoms with Gasteiger partial charge in [0, 0.05) is 17.5 Å². The van der Waals surface area contributed by atoms with Crippen molar-refractivity contribution in [1.29, 1.82) is 0 Å². The predicted octanol–water partition coefficient (Wildman–Crippen LogP) is 3.75. The van der Waals surface area contributed by atoms with E-state index in [-0.39, 0.29) is 6.04 Å². The number of nitrogens with one attached hydrogen (secondary N) is 1. The highest BCUT2D eigenvalue weighted by Gasteiger charge is 2.29. The maximum Gasteiger partial charge on any atom is 0.241 e. The third kappa shape index (κ3) is 3.13. The summed E-state index contributed by atoms with van der Waals surface area (Å²) in [4.78, 5) is 4.65. The van der Waals surface area contributed by atoms with Crippen LogP contribution in [-0.4, -0.2) is 19.4 Å². The summed E-state index contributed by atoms with van der Waals surface area (Å²) in [6.45, 7) is 1.82. The van der Waals surface area contributed by atoms with Crippen molar-refractivity contribution < 1.29 is 12.8 Å². The van der Waals surface area contributed by atoms with Crippen LogP contribution in [-0.2, 0) is 10.0 Å². The van der Waals surface area contributed by atoms with Crippen molar-refractivity contribution in [1.82, 2.24) is 9.71 Å². The van der Waals surface area contributed by atoms with Gasteiger partial charge in [-0.2, -0.15) is 0 Å². The van der Waals surface area contributed by atoms with Crippen LogP contribution >= 0.6 is 0 Å². The van der Waals surface area contributed by atoms with Crippen LogP contribution in [0.15, 0.2) is 33.7 Å². The second kappa shape index (κ2) is 6.01. The van der Waals surface area contributed by atoms with Crippen molar-refractivity contribution in [3.05, 3.63) is 35.9 Å². The van der Waals surface area contributed by atoms with Gasteiger partial charge >= 0.3 is 0 Å². The molecule has 2 saturated carbocycles. The highest BCUT2D eigenvalue weighted by atomic mass is 32.2. The summed E-state index contributed by atoms with van der Waals surface area (Å²) in [5, 5.41) is 0. The molecule has 2 aliphatic rings. The Balaban J connectivity index is 1.64. The highest BCUT2D eigenvalue weighted by molar-refractivity contribution is 7.89. The summed E-state index contributed by atoms with van der Waals surface area (Å²) in [6, 6.07) is 5.48. The van der Waals surface area contributed by atoms with Gasteiger partial charge in [-0.25, -0.2) is 18.1 Å². The van der Waals surface area contributed by atoms with Crippen LogP contribution < -0.4 is 4.72 Å². The van der Waals surface area contributed by atoms with E-state index in [1.165, 1.54) is 0 Å². The van der Waals surface area contributed by atoms with Crippen molar-refractivity contribution in [3.8, 4) is 11.3 Å².